The van der Waals surface area contributed by atoms with E-state index < -0.39 is 0 Å². The standard InChI is InChI=1S/C20H29N3O3/c1-13-7-5-6-8-16(13)23-12-20(3,4)22(11-18(23)24)10-15(21)17-9-14(2)19(25)26-17/h5-8,14-15,17H,9-12,21H2,1-4H3/t14-,15+,17+/m1/s1. The van der Waals surface area contributed by atoms with Crippen molar-refractivity contribution in [3.63, 3.8) is 0 Å². The van der Waals surface area contributed by atoms with Gasteiger partial charge in [0.15, 0.2) is 0 Å². The molecule has 0 aliphatic carbocycles. The lowest BCUT2D eigenvalue weighted by molar-refractivity contribution is -0.145. The smallest absolute Gasteiger partial charge is 0.309 e. The predicted molar refractivity (Wildman–Crippen MR) is 101 cm³/mol. The van der Waals surface area contributed by atoms with Gasteiger partial charge in [0.2, 0.25) is 5.91 Å². The van der Waals surface area contributed by atoms with Gasteiger partial charge in [-0.25, -0.2) is 0 Å². The van der Waals surface area contributed by atoms with Gasteiger partial charge in [0.05, 0.1) is 18.5 Å². The van der Waals surface area contributed by atoms with Crippen molar-refractivity contribution >= 4 is 17.6 Å². The van der Waals surface area contributed by atoms with E-state index in [0.29, 0.717) is 26.1 Å². The summed E-state index contributed by atoms with van der Waals surface area (Å²) in [6.45, 7) is 9.58. The van der Waals surface area contributed by atoms with Crippen LogP contribution in [-0.4, -0.2) is 54.1 Å². The summed E-state index contributed by atoms with van der Waals surface area (Å²) in [6, 6.07) is 7.66. The highest BCUT2D eigenvalue weighted by Crippen LogP contribution is 2.30. The van der Waals surface area contributed by atoms with Crippen molar-refractivity contribution in [1.29, 1.82) is 0 Å². The van der Waals surface area contributed by atoms with E-state index in [1.165, 1.54) is 0 Å². The molecule has 6 heteroatoms. The van der Waals surface area contributed by atoms with Crippen molar-refractivity contribution in [3.05, 3.63) is 29.8 Å². The Balaban J connectivity index is 1.71. The first-order valence-corrected chi connectivity index (χ1v) is 9.26. The molecule has 0 spiro atoms. The Morgan fingerprint density at radius 1 is 1.31 bits per heavy atom. The summed E-state index contributed by atoms with van der Waals surface area (Å²) >= 11 is 0. The van der Waals surface area contributed by atoms with Crippen LogP contribution in [0.3, 0.4) is 0 Å². The number of hydrogen-bond donors (Lipinski definition) is 1. The van der Waals surface area contributed by atoms with Crippen LogP contribution in [0.1, 0.15) is 32.8 Å². The zero-order valence-corrected chi connectivity index (χ0v) is 16.1. The van der Waals surface area contributed by atoms with Crippen LogP contribution < -0.4 is 10.6 Å². The van der Waals surface area contributed by atoms with E-state index >= 15 is 0 Å². The highest BCUT2D eigenvalue weighted by atomic mass is 16.6. The molecule has 142 valence electrons. The van der Waals surface area contributed by atoms with Crippen molar-refractivity contribution in [2.24, 2.45) is 11.7 Å². The summed E-state index contributed by atoms with van der Waals surface area (Å²) < 4.78 is 5.39. The van der Waals surface area contributed by atoms with Crippen LogP contribution in [-0.2, 0) is 14.3 Å². The summed E-state index contributed by atoms with van der Waals surface area (Å²) in [4.78, 5) is 28.4. The van der Waals surface area contributed by atoms with Crippen molar-refractivity contribution in [2.45, 2.75) is 51.8 Å². The van der Waals surface area contributed by atoms with Crippen LogP contribution in [0.25, 0.3) is 0 Å². The minimum absolute atomic E-state index is 0.0719. The number of hydrogen-bond acceptors (Lipinski definition) is 5. The third kappa shape index (κ3) is 3.62. The third-order valence-corrected chi connectivity index (χ3v) is 5.60. The number of amides is 1. The molecule has 2 aliphatic heterocycles. The number of aryl methyl sites for hydroxylation is 1. The Kier molecular flexibility index (Phi) is 5.08. The van der Waals surface area contributed by atoms with Crippen LogP contribution in [0.4, 0.5) is 5.69 Å². The first kappa shape index (κ1) is 18.9. The maximum absolute atomic E-state index is 12.8. The number of anilines is 1. The van der Waals surface area contributed by atoms with Gasteiger partial charge < -0.3 is 15.4 Å². The van der Waals surface area contributed by atoms with Crippen molar-refractivity contribution in [3.8, 4) is 0 Å². The minimum atomic E-state index is -0.291. The van der Waals surface area contributed by atoms with Crippen LogP contribution in [0.5, 0.6) is 0 Å². The molecule has 2 fully saturated rings. The van der Waals surface area contributed by atoms with Gasteiger partial charge in [0.25, 0.3) is 0 Å². The molecule has 3 atom stereocenters. The summed E-state index contributed by atoms with van der Waals surface area (Å²) in [5, 5.41) is 0. The Morgan fingerprint density at radius 2 is 2.00 bits per heavy atom. The highest BCUT2D eigenvalue weighted by molar-refractivity contribution is 5.96. The minimum Gasteiger partial charge on any atom is -0.460 e. The quantitative estimate of drug-likeness (QED) is 0.828. The molecular weight excluding hydrogens is 330 g/mol. The summed E-state index contributed by atoms with van der Waals surface area (Å²) in [5.41, 5.74) is 8.16. The second-order valence-corrected chi connectivity index (χ2v) is 8.24. The van der Waals surface area contributed by atoms with E-state index in [9.17, 15) is 9.59 Å². The van der Waals surface area contributed by atoms with E-state index in [-0.39, 0.29) is 35.5 Å². The van der Waals surface area contributed by atoms with Gasteiger partial charge in [-0.2, -0.15) is 0 Å². The third-order valence-electron chi connectivity index (χ3n) is 5.60. The number of piperazine rings is 1. The Morgan fingerprint density at radius 3 is 2.62 bits per heavy atom. The topological polar surface area (TPSA) is 75.9 Å². The van der Waals surface area contributed by atoms with E-state index in [0.717, 1.165) is 11.3 Å². The molecule has 26 heavy (non-hydrogen) atoms. The molecule has 0 bridgehead atoms. The second-order valence-electron chi connectivity index (χ2n) is 8.24. The monoisotopic (exact) mass is 359 g/mol. The van der Waals surface area contributed by atoms with Crippen LogP contribution in [0, 0.1) is 12.8 Å². The molecule has 0 unspecified atom stereocenters. The van der Waals surface area contributed by atoms with Gasteiger partial charge in [-0.1, -0.05) is 25.1 Å². The first-order chi connectivity index (χ1) is 12.2. The van der Waals surface area contributed by atoms with Gasteiger partial charge in [0.1, 0.15) is 6.10 Å². The van der Waals surface area contributed by atoms with Gasteiger partial charge >= 0.3 is 5.97 Å². The average molecular weight is 359 g/mol. The fourth-order valence-electron chi connectivity index (χ4n) is 3.83. The number of carbonyl (C=O) groups is 2. The van der Waals surface area contributed by atoms with Crippen LogP contribution in [0.15, 0.2) is 24.3 Å². The molecule has 3 rings (SSSR count). The van der Waals surface area contributed by atoms with E-state index in [4.69, 9.17) is 10.5 Å². The molecule has 0 aromatic heterocycles. The molecule has 2 saturated heterocycles. The SMILES string of the molecule is Cc1ccccc1N1CC(C)(C)N(C[C@H](N)[C@@H]2C[C@@H](C)C(=O)O2)CC1=O. The number of ether oxygens (including phenoxy) is 1. The first-order valence-electron chi connectivity index (χ1n) is 9.26. The molecule has 2 N–H and O–H groups in total. The normalized spacial score (nSPS) is 27.5. The molecule has 0 saturated carbocycles. The van der Waals surface area contributed by atoms with Crippen molar-refractivity contribution < 1.29 is 14.3 Å². The Bertz CT molecular complexity index is 703. The van der Waals surface area contributed by atoms with Gasteiger partial charge in [-0.05, 0) is 38.8 Å². The zero-order valence-electron chi connectivity index (χ0n) is 16.1. The zero-order chi connectivity index (χ0) is 19.1. The molecule has 0 radical (unpaired) electrons. The van der Waals surface area contributed by atoms with Crippen molar-refractivity contribution in [1.82, 2.24) is 4.90 Å². The van der Waals surface area contributed by atoms with E-state index in [1.54, 1.807) is 0 Å². The number of para-hydroxylation sites is 1. The Labute approximate surface area is 155 Å². The van der Waals surface area contributed by atoms with Gasteiger partial charge in [-0.15, -0.1) is 0 Å². The number of cyclic esters (lactones) is 1. The molecule has 1 aromatic rings. The molecular formula is C20H29N3O3. The number of nitrogens with zero attached hydrogens (tertiary/aromatic N) is 2. The van der Waals surface area contributed by atoms with E-state index in [2.05, 4.69) is 18.7 Å². The molecule has 2 aliphatic rings. The number of benzene rings is 1. The van der Waals surface area contributed by atoms with Crippen LogP contribution >= 0.6 is 0 Å². The number of esters is 1. The predicted octanol–water partition coefficient (Wildman–Crippen LogP) is 1.70. The highest BCUT2D eigenvalue weighted by Gasteiger charge is 2.42. The molecule has 2 heterocycles. The maximum Gasteiger partial charge on any atom is 0.309 e. The largest absolute Gasteiger partial charge is 0.460 e. The maximum atomic E-state index is 12.8. The molecule has 6 nitrogen and oxygen atoms in total. The lowest BCUT2D eigenvalue weighted by Crippen LogP contribution is -2.64. The van der Waals surface area contributed by atoms with Crippen LogP contribution in [0.2, 0.25) is 0 Å². The molecule has 1 aromatic carbocycles. The number of rotatable bonds is 4. The van der Waals surface area contributed by atoms with Crippen molar-refractivity contribution in [2.75, 3.05) is 24.5 Å². The summed E-state index contributed by atoms with van der Waals surface area (Å²) in [5.74, 6) is -0.202. The van der Waals surface area contributed by atoms with E-state index in [1.807, 2.05) is 43.0 Å². The summed E-state index contributed by atoms with van der Waals surface area (Å²) in [6.07, 6.45) is 0.384. The summed E-state index contributed by atoms with van der Waals surface area (Å²) in [7, 11) is 0. The second kappa shape index (κ2) is 7.00. The number of nitrogens with two attached hydrogens (primary N) is 1. The number of carbonyl (C=O) groups excluding carboxylic acids is 2. The lowest BCUT2D eigenvalue weighted by atomic mass is 9.95. The Hall–Kier alpha value is -1.92. The lowest BCUT2D eigenvalue weighted by Gasteiger charge is -2.48. The fourth-order valence-corrected chi connectivity index (χ4v) is 3.83. The van der Waals surface area contributed by atoms with Gasteiger partial charge in [0, 0.05) is 24.3 Å². The van der Waals surface area contributed by atoms with Gasteiger partial charge in [-0.3, -0.25) is 14.5 Å². The average Bonchev–Trinajstić information content (AvgIpc) is 2.91. The molecule has 1 amide bonds. The fraction of sp³-hybridized carbons (Fsp3) is 0.600.